The summed E-state index contributed by atoms with van der Waals surface area (Å²) in [7, 11) is 1.74. The van der Waals surface area contributed by atoms with Crippen LogP contribution in [-0.2, 0) is 6.54 Å². The summed E-state index contributed by atoms with van der Waals surface area (Å²) < 4.78 is 0. The van der Waals surface area contributed by atoms with Gasteiger partial charge in [0.15, 0.2) is 5.69 Å². The van der Waals surface area contributed by atoms with Crippen LogP contribution < -0.4 is 0 Å². The fraction of sp³-hybridized carbons (Fsp3) is 0.286. The molecule has 0 fully saturated rings. The third-order valence-electron chi connectivity index (χ3n) is 1.71. The molecule has 1 aromatic heterocycles. The van der Waals surface area contributed by atoms with Crippen LogP contribution in [0.5, 0.6) is 0 Å². The van der Waals surface area contributed by atoms with Crippen molar-refractivity contribution in [3.05, 3.63) is 23.8 Å². The second-order valence-corrected chi connectivity index (χ2v) is 2.51. The van der Waals surface area contributed by atoms with Gasteiger partial charge in [-0.3, -0.25) is 9.78 Å². The lowest BCUT2D eigenvalue weighted by molar-refractivity contribution is 0.0812. The molecule has 0 atom stereocenters. The fourth-order valence-corrected chi connectivity index (χ4v) is 1.14. The van der Waals surface area contributed by atoms with Gasteiger partial charge in [0.25, 0.3) is 5.91 Å². The van der Waals surface area contributed by atoms with E-state index in [4.69, 9.17) is 0 Å². The Labute approximate surface area is 63.9 Å². The average molecular weight is 149 g/mol. The number of amides is 1. The molecule has 1 aliphatic rings. The Morgan fingerprint density at radius 3 is 2.91 bits per heavy atom. The Bertz CT molecular complexity index is 310. The lowest BCUT2D eigenvalue weighted by Gasteiger charge is -2.03. The summed E-state index contributed by atoms with van der Waals surface area (Å²) in [6.07, 6.45) is 3.14. The zero-order chi connectivity index (χ0) is 7.84. The van der Waals surface area contributed by atoms with E-state index < -0.39 is 0 Å². The van der Waals surface area contributed by atoms with Crippen molar-refractivity contribution in [2.24, 2.45) is 0 Å². The standard InChI is InChI=1S/C7H7N3O/c1-10-4-5-6(7(10)11)9-3-2-8-5/h2-3H,4H2,1H3. The van der Waals surface area contributed by atoms with Crippen molar-refractivity contribution in [3.8, 4) is 0 Å². The number of hydrogen-bond acceptors (Lipinski definition) is 3. The summed E-state index contributed by atoms with van der Waals surface area (Å²) in [4.78, 5) is 20.8. The molecule has 11 heavy (non-hydrogen) atoms. The van der Waals surface area contributed by atoms with Gasteiger partial charge in [-0.2, -0.15) is 0 Å². The van der Waals surface area contributed by atoms with Gasteiger partial charge in [-0.05, 0) is 0 Å². The largest absolute Gasteiger partial charge is 0.334 e. The molecule has 1 aromatic rings. The molecule has 0 bridgehead atoms. The van der Waals surface area contributed by atoms with Gasteiger partial charge in [-0.1, -0.05) is 0 Å². The summed E-state index contributed by atoms with van der Waals surface area (Å²) in [6.45, 7) is 0.585. The SMILES string of the molecule is CN1Cc2nccnc2C1=O. The van der Waals surface area contributed by atoms with Gasteiger partial charge in [-0.25, -0.2) is 4.98 Å². The molecule has 0 aliphatic carbocycles. The molecular formula is C7H7N3O. The van der Waals surface area contributed by atoms with Crippen molar-refractivity contribution in [3.63, 3.8) is 0 Å². The van der Waals surface area contributed by atoms with E-state index >= 15 is 0 Å². The number of rotatable bonds is 0. The van der Waals surface area contributed by atoms with Gasteiger partial charge >= 0.3 is 0 Å². The lowest BCUT2D eigenvalue weighted by atomic mass is 10.3. The monoisotopic (exact) mass is 149 g/mol. The summed E-state index contributed by atoms with van der Waals surface area (Å²) >= 11 is 0. The molecule has 0 saturated carbocycles. The molecule has 1 amide bonds. The number of hydrogen-bond donors (Lipinski definition) is 0. The quantitative estimate of drug-likeness (QED) is 0.524. The number of fused-ring (bicyclic) bond motifs is 1. The first-order chi connectivity index (χ1) is 5.29. The van der Waals surface area contributed by atoms with Crippen LogP contribution in [0.25, 0.3) is 0 Å². The van der Waals surface area contributed by atoms with Crippen LogP contribution in [-0.4, -0.2) is 27.8 Å². The summed E-state index contributed by atoms with van der Waals surface area (Å²) in [5.74, 6) is -0.0342. The van der Waals surface area contributed by atoms with E-state index in [1.807, 2.05) is 0 Å². The smallest absolute Gasteiger partial charge is 0.274 e. The van der Waals surface area contributed by atoms with Crippen molar-refractivity contribution in [2.75, 3.05) is 7.05 Å². The third kappa shape index (κ3) is 0.790. The molecule has 4 heteroatoms. The zero-order valence-electron chi connectivity index (χ0n) is 6.11. The summed E-state index contributed by atoms with van der Waals surface area (Å²) in [6, 6.07) is 0. The van der Waals surface area contributed by atoms with Crippen LogP contribution in [0.3, 0.4) is 0 Å². The molecule has 1 aliphatic heterocycles. The van der Waals surface area contributed by atoms with Gasteiger partial charge in [0, 0.05) is 19.4 Å². The molecule has 0 radical (unpaired) electrons. The average Bonchev–Trinajstić information content (AvgIpc) is 2.30. The number of nitrogens with zero attached hydrogens (tertiary/aromatic N) is 3. The van der Waals surface area contributed by atoms with Crippen LogP contribution in [0, 0.1) is 0 Å². The minimum atomic E-state index is -0.0342. The molecule has 2 heterocycles. The topological polar surface area (TPSA) is 46.1 Å². The van der Waals surface area contributed by atoms with Gasteiger partial charge in [0.1, 0.15) is 0 Å². The van der Waals surface area contributed by atoms with E-state index in [0.717, 1.165) is 5.69 Å². The highest BCUT2D eigenvalue weighted by molar-refractivity contribution is 5.95. The van der Waals surface area contributed by atoms with Gasteiger partial charge < -0.3 is 4.90 Å². The Kier molecular flexibility index (Phi) is 1.15. The van der Waals surface area contributed by atoms with Crippen molar-refractivity contribution in [1.29, 1.82) is 0 Å². The number of carbonyl (C=O) groups excluding carboxylic acids is 1. The molecular weight excluding hydrogens is 142 g/mol. The van der Waals surface area contributed by atoms with Crippen LogP contribution >= 0.6 is 0 Å². The Morgan fingerprint density at radius 1 is 1.45 bits per heavy atom. The van der Waals surface area contributed by atoms with Gasteiger partial charge in [-0.15, -0.1) is 0 Å². The van der Waals surface area contributed by atoms with E-state index in [1.165, 1.54) is 6.20 Å². The minimum absolute atomic E-state index is 0.0342. The van der Waals surface area contributed by atoms with Crippen LogP contribution in [0.1, 0.15) is 16.2 Å². The Hall–Kier alpha value is -1.45. The van der Waals surface area contributed by atoms with Gasteiger partial charge in [0.05, 0.1) is 12.2 Å². The highest BCUT2D eigenvalue weighted by Crippen LogP contribution is 2.15. The molecule has 0 N–H and O–H groups in total. The normalized spacial score (nSPS) is 15.4. The van der Waals surface area contributed by atoms with Gasteiger partial charge in [0.2, 0.25) is 0 Å². The molecule has 0 saturated heterocycles. The van der Waals surface area contributed by atoms with Crippen molar-refractivity contribution < 1.29 is 4.79 Å². The first-order valence-corrected chi connectivity index (χ1v) is 3.34. The Balaban J connectivity index is 2.55. The fourth-order valence-electron chi connectivity index (χ4n) is 1.14. The maximum absolute atomic E-state index is 11.2. The first kappa shape index (κ1) is 6.27. The number of carbonyl (C=O) groups is 1. The highest BCUT2D eigenvalue weighted by Gasteiger charge is 2.26. The van der Waals surface area contributed by atoms with Crippen molar-refractivity contribution in [2.45, 2.75) is 6.54 Å². The Morgan fingerprint density at radius 2 is 2.18 bits per heavy atom. The summed E-state index contributed by atoms with van der Waals surface area (Å²) in [5, 5.41) is 0. The second kappa shape index (κ2) is 2.02. The van der Waals surface area contributed by atoms with Crippen LogP contribution in [0.4, 0.5) is 0 Å². The van der Waals surface area contributed by atoms with Crippen LogP contribution in [0.15, 0.2) is 12.4 Å². The highest BCUT2D eigenvalue weighted by atomic mass is 16.2. The van der Waals surface area contributed by atoms with E-state index in [1.54, 1.807) is 18.1 Å². The predicted octanol–water partition coefficient (Wildman–Crippen LogP) is 0.0622. The second-order valence-electron chi connectivity index (χ2n) is 2.51. The number of aromatic nitrogens is 2. The van der Waals surface area contributed by atoms with E-state index in [9.17, 15) is 4.79 Å². The van der Waals surface area contributed by atoms with Crippen molar-refractivity contribution >= 4 is 5.91 Å². The molecule has 0 unspecified atom stereocenters. The first-order valence-electron chi connectivity index (χ1n) is 3.34. The van der Waals surface area contributed by atoms with E-state index in [0.29, 0.717) is 12.2 Å². The third-order valence-corrected chi connectivity index (χ3v) is 1.71. The maximum Gasteiger partial charge on any atom is 0.274 e. The minimum Gasteiger partial charge on any atom is -0.334 e. The molecule has 0 spiro atoms. The summed E-state index contributed by atoms with van der Waals surface area (Å²) in [5.41, 5.74) is 1.27. The molecule has 2 rings (SSSR count). The van der Waals surface area contributed by atoms with Crippen LogP contribution in [0.2, 0.25) is 0 Å². The lowest BCUT2D eigenvalue weighted by Crippen LogP contribution is -2.18. The predicted molar refractivity (Wildman–Crippen MR) is 37.8 cm³/mol. The van der Waals surface area contributed by atoms with Crippen molar-refractivity contribution in [1.82, 2.24) is 14.9 Å². The van der Waals surface area contributed by atoms with E-state index in [-0.39, 0.29) is 5.91 Å². The van der Waals surface area contributed by atoms with E-state index in [2.05, 4.69) is 9.97 Å². The maximum atomic E-state index is 11.2. The molecule has 0 aromatic carbocycles. The zero-order valence-corrected chi connectivity index (χ0v) is 6.11. The molecule has 4 nitrogen and oxygen atoms in total. The molecule has 56 valence electrons.